The molecule has 0 amide bonds. The fourth-order valence-electron chi connectivity index (χ4n) is 1.41. The number of carbonyl (C=O) groups excluding carboxylic acids is 1. The molecule has 0 aliphatic heterocycles. The molecule has 1 heterocycles. The molecular weight excluding hydrogens is 210 g/mol. The van der Waals surface area contributed by atoms with Crippen LogP contribution in [-0.2, 0) is 0 Å². The van der Waals surface area contributed by atoms with Crippen LogP contribution in [0.2, 0.25) is 0 Å². The summed E-state index contributed by atoms with van der Waals surface area (Å²) < 4.78 is 0. The zero-order chi connectivity index (χ0) is 10.7. The van der Waals surface area contributed by atoms with E-state index in [0.717, 1.165) is 11.1 Å². The molecule has 15 heavy (non-hydrogen) atoms. The monoisotopic (exact) mass is 217 g/mol. The Morgan fingerprint density at radius 1 is 1.13 bits per heavy atom. The van der Waals surface area contributed by atoms with Crippen LogP contribution in [0, 0.1) is 0 Å². The summed E-state index contributed by atoms with van der Waals surface area (Å²) in [6.07, 6.45) is 3.20. The van der Waals surface area contributed by atoms with Gasteiger partial charge in [-0.05, 0) is 23.2 Å². The van der Waals surface area contributed by atoms with Gasteiger partial charge in [-0.3, -0.25) is 9.78 Å². The molecule has 0 saturated heterocycles. The van der Waals surface area contributed by atoms with Crippen molar-refractivity contribution in [1.29, 1.82) is 0 Å². The third-order valence-electron chi connectivity index (χ3n) is 2.12. The lowest BCUT2D eigenvalue weighted by Gasteiger charge is -2.04. The second-order valence-corrected chi connectivity index (χ2v) is 3.40. The smallest absolute Gasteiger partial charge is 0.253 e. The molecular formula is C12H8ClNO. The molecule has 0 bridgehead atoms. The Labute approximate surface area is 92.5 Å². The van der Waals surface area contributed by atoms with Crippen molar-refractivity contribution < 1.29 is 4.79 Å². The Morgan fingerprint density at radius 2 is 1.87 bits per heavy atom. The van der Waals surface area contributed by atoms with E-state index in [1.807, 2.05) is 30.3 Å². The lowest BCUT2D eigenvalue weighted by atomic mass is 10.0. The Balaban J connectivity index is 2.58. The highest BCUT2D eigenvalue weighted by Gasteiger charge is 2.09. The molecule has 3 heteroatoms. The summed E-state index contributed by atoms with van der Waals surface area (Å²) in [5, 5.41) is -0.462. The number of hydrogen-bond donors (Lipinski definition) is 0. The van der Waals surface area contributed by atoms with E-state index in [4.69, 9.17) is 11.6 Å². The van der Waals surface area contributed by atoms with Crippen LogP contribution in [0.15, 0.2) is 48.8 Å². The van der Waals surface area contributed by atoms with Crippen molar-refractivity contribution in [3.05, 3.63) is 54.4 Å². The molecule has 1 aromatic heterocycles. The molecule has 1 aromatic carbocycles. The molecule has 0 aliphatic carbocycles. The first-order valence-corrected chi connectivity index (χ1v) is 4.86. The van der Waals surface area contributed by atoms with Crippen LogP contribution < -0.4 is 0 Å². The summed E-state index contributed by atoms with van der Waals surface area (Å²) in [7, 11) is 0. The maximum absolute atomic E-state index is 11.2. The third kappa shape index (κ3) is 2.05. The molecule has 0 saturated carbocycles. The summed E-state index contributed by atoms with van der Waals surface area (Å²) in [5.41, 5.74) is 2.19. The summed E-state index contributed by atoms with van der Waals surface area (Å²) >= 11 is 5.49. The SMILES string of the molecule is O=C(Cl)c1ccncc1-c1ccccc1. The van der Waals surface area contributed by atoms with Crippen LogP contribution in [0.1, 0.15) is 10.4 Å². The van der Waals surface area contributed by atoms with E-state index in [9.17, 15) is 4.79 Å². The molecule has 0 radical (unpaired) electrons. The van der Waals surface area contributed by atoms with E-state index in [-0.39, 0.29) is 0 Å². The normalized spacial score (nSPS) is 9.93. The first-order chi connectivity index (χ1) is 7.29. The first kappa shape index (κ1) is 9.87. The van der Waals surface area contributed by atoms with E-state index in [0.29, 0.717) is 5.56 Å². The number of benzene rings is 1. The van der Waals surface area contributed by atoms with Crippen molar-refractivity contribution in [3.63, 3.8) is 0 Å². The van der Waals surface area contributed by atoms with Crippen molar-refractivity contribution in [3.8, 4) is 11.1 Å². The predicted octanol–water partition coefficient (Wildman–Crippen LogP) is 3.13. The van der Waals surface area contributed by atoms with E-state index in [1.54, 1.807) is 18.5 Å². The summed E-state index contributed by atoms with van der Waals surface area (Å²) in [5.74, 6) is 0. The second-order valence-electron chi connectivity index (χ2n) is 3.06. The maximum Gasteiger partial charge on any atom is 0.253 e. The highest BCUT2D eigenvalue weighted by atomic mass is 35.5. The van der Waals surface area contributed by atoms with Gasteiger partial charge in [0, 0.05) is 23.5 Å². The molecule has 0 unspecified atom stereocenters. The van der Waals surface area contributed by atoms with Crippen molar-refractivity contribution >= 4 is 16.8 Å². The van der Waals surface area contributed by atoms with Gasteiger partial charge in [0.2, 0.25) is 0 Å². The number of aromatic nitrogens is 1. The van der Waals surface area contributed by atoms with Crippen LogP contribution in [0.25, 0.3) is 11.1 Å². The van der Waals surface area contributed by atoms with Gasteiger partial charge in [-0.15, -0.1) is 0 Å². The minimum absolute atomic E-state index is 0.462. The van der Waals surface area contributed by atoms with E-state index < -0.39 is 5.24 Å². The second kappa shape index (κ2) is 4.24. The molecule has 0 fully saturated rings. The number of rotatable bonds is 2. The van der Waals surface area contributed by atoms with Gasteiger partial charge in [-0.2, -0.15) is 0 Å². The number of nitrogens with zero attached hydrogens (tertiary/aromatic N) is 1. The standard InChI is InChI=1S/C12H8ClNO/c13-12(15)10-6-7-14-8-11(10)9-4-2-1-3-5-9/h1-8H. The Kier molecular flexibility index (Phi) is 2.79. The molecule has 74 valence electrons. The van der Waals surface area contributed by atoms with Gasteiger partial charge >= 0.3 is 0 Å². The fraction of sp³-hybridized carbons (Fsp3) is 0. The highest BCUT2D eigenvalue weighted by molar-refractivity contribution is 6.68. The van der Waals surface area contributed by atoms with Crippen LogP contribution in [0.4, 0.5) is 0 Å². The topological polar surface area (TPSA) is 30.0 Å². The van der Waals surface area contributed by atoms with Gasteiger partial charge < -0.3 is 0 Å². The van der Waals surface area contributed by atoms with Gasteiger partial charge in [0.15, 0.2) is 0 Å². The zero-order valence-corrected chi connectivity index (χ0v) is 8.61. The third-order valence-corrected chi connectivity index (χ3v) is 2.32. The van der Waals surface area contributed by atoms with Crippen molar-refractivity contribution in [2.45, 2.75) is 0 Å². The number of halogens is 1. The summed E-state index contributed by atoms with van der Waals surface area (Å²) in [6.45, 7) is 0. The van der Waals surface area contributed by atoms with Crippen molar-refractivity contribution in [2.24, 2.45) is 0 Å². The molecule has 2 rings (SSSR count). The lowest BCUT2D eigenvalue weighted by molar-refractivity contribution is 0.108. The van der Waals surface area contributed by atoms with Gasteiger partial charge in [0.05, 0.1) is 0 Å². The van der Waals surface area contributed by atoms with Crippen LogP contribution in [0.3, 0.4) is 0 Å². The van der Waals surface area contributed by atoms with Crippen molar-refractivity contribution in [1.82, 2.24) is 4.98 Å². The van der Waals surface area contributed by atoms with Crippen molar-refractivity contribution in [2.75, 3.05) is 0 Å². The first-order valence-electron chi connectivity index (χ1n) is 4.48. The summed E-state index contributed by atoms with van der Waals surface area (Å²) in [4.78, 5) is 15.2. The highest BCUT2D eigenvalue weighted by Crippen LogP contribution is 2.23. The van der Waals surface area contributed by atoms with Crippen LogP contribution >= 0.6 is 11.6 Å². The summed E-state index contributed by atoms with van der Waals surface area (Å²) in [6, 6.07) is 11.2. The number of hydrogen-bond acceptors (Lipinski definition) is 2. The zero-order valence-electron chi connectivity index (χ0n) is 7.85. The average molecular weight is 218 g/mol. The van der Waals surface area contributed by atoms with Gasteiger partial charge in [0.1, 0.15) is 0 Å². The van der Waals surface area contributed by atoms with E-state index >= 15 is 0 Å². The predicted molar refractivity (Wildman–Crippen MR) is 59.9 cm³/mol. The average Bonchev–Trinajstić information content (AvgIpc) is 2.30. The van der Waals surface area contributed by atoms with Crippen LogP contribution in [0.5, 0.6) is 0 Å². The maximum atomic E-state index is 11.2. The molecule has 0 spiro atoms. The molecule has 0 N–H and O–H groups in total. The molecule has 2 aromatic rings. The molecule has 2 nitrogen and oxygen atoms in total. The quantitative estimate of drug-likeness (QED) is 0.724. The number of carbonyl (C=O) groups is 1. The van der Waals surface area contributed by atoms with Crippen LogP contribution in [-0.4, -0.2) is 10.2 Å². The number of pyridine rings is 1. The minimum Gasteiger partial charge on any atom is -0.276 e. The Hall–Kier alpha value is -1.67. The Morgan fingerprint density at radius 3 is 2.53 bits per heavy atom. The van der Waals surface area contributed by atoms with Gasteiger partial charge in [-0.25, -0.2) is 0 Å². The fourth-order valence-corrected chi connectivity index (χ4v) is 1.58. The van der Waals surface area contributed by atoms with E-state index in [1.165, 1.54) is 0 Å². The largest absolute Gasteiger partial charge is 0.276 e. The lowest BCUT2D eigenvalue weighted by Crippen LogP contribution is -1.94. The molecule has 0 atom stereocenters. The van der Waals surface area contributed by atoms with Gasteiger partial charge in [0.25, 0.3) is 5.24 Å². The Bertz CT molecular complexity index is 482. The van der Waals surface area contributed by atoms with E-state index in [2.05, 4.69) is 4.98 Å². The minimum atomic E-state index is -0.462. The van der Waals surface area contributed by atoms with Gasteiger partial charge in [-0.1, -0.05) is 30.3 Å². The molecule has 0 aliphatic rings.